The summed E-state index contributed by atoms with van der Waals surface area (Å²) in [4.78, 5) is 38.8. The van der Waals surface area contributed by atoms with Gasteiger partial charge in [-0.1, -0.05) is 12.1 Å². The van der Waals surface area contributed by atoms with Crippen molar-refractivity contribution in [2.75, 3.05) is 28.7 Å². The van der Waals surface area contributed by atoms with Crippen LogP contribution < -0.4 is 25.0 Å². The number of nitrogens with one attached hydrogen (secondary N) is 2. The fraction of sp³-hybridized carbons (Fsp3) is 0.318. The molecule has 156 valence electrons. The standard InChI is InChI=1S/C22H23N3O5/c1-3-29-19-7-5-4-6-17(19)25-12-14(10-20(25)26)22(28)23-15-8-9-18-16(11-15)24-21(27)13(2)30-18/h4-9,11,13-14H,3,10,12H2,1-2H3,(H,23,28)(H,24,27)/t13-,14-/m1/s1. The van der Waals surface area contributed by atoms with Crippen molar-refractivity contribution in [1.82, 2.24) is 0 Å². The number of benzene rings is 2. The fourth-order valence-electron chi connectivity index (χ4n) is 3.60. The smallest absolute Gasteiger partial charge is 0.265 e. The van der Waals surface area contributed by atoms with Crippen LogP contribution in [0.4, 0.5) is 17.1 Å². The molecule has 0 aliphatic carbocycles. The van der Waals surface area contributed by atoms with E-state index in [0.29, 0.717) is 35.2 Å². The molecule has 2 aromatic carbocycles. The summed E-state index contributed by atoms with van der Waals surface area (Å²) in [5.74, 6) is 0.0625. The Bertz CT molecular complexity index is 1010. The Morgan fingerprint density at radius 1 is 1.27 bits per heavy atom. The maximum Gasteiger partial charge on any atom is 0.265 e. The van der Waals surface area contributed by atoms with Gasteiger partial charge < -0.3 is 25.0 Å². The first kappa shape index (κ1) is 19.8. The molecule has 0 aromatic heterocycles. The Balaban J connectivity index is 1.46. The highest BCUT2D eigenvalue weighted by atomic mass is 16.5. The summed E-state index contributed by atoms with van der Waals surface area (Å²) in [6, 6.07) is 12.4. The van der Waals surface area contributed by atoms with Gasteiger partial charge in [0.15, 0.2) is 6.10 Å². The predicted octanol–water partition coefficient (Wildman–Crippen LogP) is 2.80. The van der Waals surface area contributed by atoms with Crippen molar-refractivity contribution in [3.05, 3.63) is 42.5 Å². The van der Waals surface area contributed by atoms with Gasteiger partial charge in [0.1, 0.15) is 11.5 Å². The van der Waals surface area contributed by atoms with Gasteiger partial charge in [-0.2, -0.15) is 0 Å². The number of carbonyl (C=O) groups excluding carboxylic acids is 3. The van der Waals surface area contributed by atoms with Gasteiger partial charge in [-0.3, -0.25) is 14.4 Å². The number of fused-ring (bicyclic) bond motifs is 1. The number of para-hydroxylation sites is 2. The quantitative estimate of drug-likeness (QED) is 0.792. The Hall–Kier alpha value is -3.55. The number of ether oxygens (including phenoxy) is 2. The van der Waals surface area contributed by atoms with Gasteiger partial charge in [0.25, 0.3) is 5.91 Å². The highest BCUT2D eigenvalue weighted by Crippen LogP contribution is 2.35. The van der Waals surface area contributed by atoms with Crippen LogP contribution in [0, 0.1) is 5.92 Å². The van der Waals surface area contributed by atoms with Gasteiger partial charge in [0.05, 0.1) is 23.9 Å². The number of hydrogen-bond acceptors (Lipinski definition) is 5. The normalized spacial score (nSPS) is 20.3. The first-order valence-corrected chi connectivity index (χ1v) is 9.91. The molecule has 2 atom stereocenters. The molecule has 0 unspecified atom stereocenters. The summed E-state index contributed by atoms with van der Waals surface area (Å²) >= 11 is 0. The van der Waals surface area contributed by atoms with Crippen molar-refractivity contribution in [1.29, 1.82) is 0 Å². The van der Waals surface area contributed by atoms with Crippen LogP contribution in [0.15, 0.2) is 42.5 Å². The molecule has 2 N–H and O–H groups in total. The molecule has 1 saturated heterocycles. The molecule has 0 radical (unpaired) electrons. The summed E-state index contributed by atoms with van der Waals surface area (Å²) < 4.78 is 11.1. The van der Waals surface area contributed by atoms with Gasteiger partial charge in [0.2, 0.25) is 11.8 Å². The van der Waals surface area contributed by atoms with E-state index < -0.39 is 12.0 Å². The van der Waals surface area contributed by atoms with E-state index in [1.807, 2.05) is 31.2 Å². The van der Waals surface area contributed by atoms with Gasteiger partial charge in [-0.05, 0) is 44.2 Å². The molecule has 3 amide bonds. The largest absolute Gasteiger partial charge is 0.492 e. The average Bonchev–Trinajstić information content (AvgIpc) is 3.11. The van der Waals surface area contributed by atoms with E-state index in [0.717, 1.165) is 0 Å². The molecule has 0 saturated carbocycles. The molecule has 2 aliphatic heterocycles. The van der Waals surface area contributed by atoms with E-state index in [-0.39, 0.29) is 30.7 Å². The number of carbonyl (C=O) groups is 3. The molecule has 30 heavy (non-hydrogen) atoms. The van der Waals surface area contributed by atoms with Gasteiger partial charge >= 0.3 is 0 Å². The van der Waals surface area contributed by atoms with Crippen molar-refractivity contribution in [2.24, 2.45) is 5.92 Å². The van der Waals surface area contributed by atoms with Crippen LogP contribution in [0.5, 0.6) is 11.5 Å². The molecule has 2 aromatic rings. The Labute approximate surface area is 174 Å². The lowest BCUT2D eigenvalue weighted by Gasteiger charge is -2.24. The second-order valence-electron chi connectivity index (χ2n) is 7.26. The number of hydrogen-bond donors (Lipinski definition) is 2. The van der Waals surface area contributed by atoms with Crippen LogP contribution in [0.1, 0.15) is 20.3 Å². The van der Waals surface area contributed by atoms with Crippen molar-refractivity contribution in [2.45, 2.75) is 26.4 Å². The number of amides is 3. The van der Waals surface area contributed by atoms with E-state index in [4.69, 9.17) is 9.47 Å². The van der Waals surface area contributed by atoms with Crippen molar-refractivity contribution < 1.29 is 23.9 Å². The summed E-state index contributed by atoms with van der Waals surface area (Å²) in [7, 11) is 0. The minimum Gasteiger partial charge on any atom is -0.492 e. The van der Waals surface area contributed by atoms with Crippen molar-refractivity contribution in [3.8, 4) is 11.5 Å². The van der Waals surface area contributed by atoms with Crippen molar-refractivity contribution >= 4 is 34.8 Å². The third-order valence-corrected chi connectivity index (χ3v) is 5.13. The average molecular weight is 409 g/mol. The lowest BCUT2D eigenvalue weighted by molar-refractivity contribution is -0.122. The summed E-state index contributed by atoms with van der Waals surface area (Å²) in [5.41, 5.74) is 1.70. The van der Waals surface area contributed by atoms with Crippen LogP contribution in [-0.2, 0) is 14.4 Å². The third kappa shape index (κ3) is 3.80. The minimum atomic E-state index is -0.562. The highest BCUT2D eigenvalue weighted by Gasteiger charge is 2.36. The lowest BCUT2D eigenvalue weighted by Crippen LogP contribution is -2.34. The first-order chi connectivity index (χ1) is 14.5. The van der Waals surface area contributed by atoms with Gasteiger partial charge in [-0.15, -0.1) is 0 Å². The van der Waals surface area contributed by atoms with Crippen LogP contribution in [-0.4, -0.2) is 37.0 Å². The summed E-state index contributed by atoms with van der Waals surface area (Å²) in [6.45, 7) is 4.31. The Morgan fingerprint density at radius 3 is 2.87 bits per heavy atom. The van der Waals surface area contributed by atoms with E-state index in [1.54, 1.807) is 30.0 Å². The fourth-order valence-corrected chi connectivity index (χ4v) is 3.60. The Kier molecular flexibility index (Phi) is 5.31. The molecular weight excluding hydrogens is 386 g/mol. The molecule has 4 rings (SSSR count). The predicted molar refractivity (Wildman–Crippen MR) is 112 cm³/mol. The highest BCUT2D eigenvalue weighted by molar-refractivity contribution is 6.05. The van der Waals surface area contributed by atoms with Gasteiger partial charge in [-0.25, -0.2) is 0 Å². The topological polar surface area (TPSA) is 97.0 Å². The number of rotatable bonds is 5. The molecule has 2 heterocycles. The van der Waals surface area contributed by atoms with Crippen LogP contribution in [0.25, 0.3) is 0 Å². The monoisotopic (exact) mass is 409 g/mol. The molecule has 8 nitrogen and oxygen atoms in total. The molecule has 2 aliphatic rings. The SMILES string of the molecule is CCOc1ccccc1N1C[C@H](C(=O)Nc2ccc3c(c2)NC(=O)[C@@H](C)O3)CC1=O. The van der Waals surface area contributed by atoms with Crippen LogP contribution in [0.2, 0.25) is 0 Å². The van der Waals surface area contributed by atoms with E-state index in [1.165, 1.54) is 0 Å². The summed E-state index contributed by atoms with van der Waals surface area (Å²) in [6.07, 6.45) is -0.442. The molecular formula is C22H23N3O5. The van der Waals surface area contributed by atoms with Gasteiger partial charge in [0, 0.05) is 18.7 Å². The van der Waals surface area contributed by atoms with Crippen LogP contribution >= 0.6 is 0 Å². The maximum atomic E-state index is 12.8. The van der Waals surface area contributed by atoms with E-state index >= 15 is 0 Å². The minimum absolute atomic E-state index is 0.120. The first-order valence-electron chi connectivity index (χ1n) is 9.91. The number of anilines is 3. The summed E-state index contributed by atoms with van der Waals surface area (Å²) in [5, 5.41) is 5.59. The second kappa shape index (κ2) is 8.06. The third-order valence-electron chi connectivity index (χ3n) is 5.13. The van der Waals surface area contributed by atoms with E-state index in [9.17, 15) is 14.4 Å². The molecule has 0 bridgehead atoms. The maximum absolute atomic E-state index is 12.8. The molecule has 0 spiro atoms. The second-order valence-corrected chi connectivity index (χ2v) is 7.26. The van der Waals surface area contributed by atoms with E-state index in [2.05, 4.69) is 10.6 Å². The zero-order chi connectivity index (χ0) is 21.3. The zero-order valence-corrected chi connectivity index (χ0v) is 16.8. The number of nitrogens with zero attached hydrogens (tertiary/aromatic N) is 1. The molecule has 8 heteroatoms. The van der Waals surface area contributed by atoms with Crippen molar-refractivity contribution in [3.63, 3.8) is 0 Å². The zero-order valence-electron chi connectivity index (χ0n) is 16.8. The Morgan fingerprint density at radius 2 is 2.07 bits per heavy atom. The van der Waals surface area contributed by atoms with Crippen LogP contribution in [0.3, 0.4) is 0 Å². The lowest BCUT2D eigenvalue weighted by atomic mass is 10.1. The molecule has 1 fully saturated rings.